The summed E-state index contributed by atoms with van der Waals surface area (Å²) in [4.78, 5) is 18.2. The molecule has 0 spiro atoms. The number of aromatic hydroxyl groups is 1. The van der Waals surface area contributed by atoms with Crippen molar-refractivity contribution in [3.05, 3.63) is 29.8 Å². The number of aromatic nitrogens is 3. The van der Waals surface area contributed by atoms with E-state index in [9.17, 15) is 5.11 Å². The number of nitrogens with one attached hydrogen (secondary N) is 1. The first-order valence-corrected chi connectivity index (χ1v) is 9.12. The van der Waals surface area contributed by atoms with Crippen molar-refractivity contribution in [3.63, 3.8) is 0 Å². The van der Waals surface area contributed by atoms with E-state index in [1.54, 1.807) is 30.5 Å². The summed E-state index contributed by atoms with van der Waals surface area (Å²) < 4.78 is 0. The smallest absolute Gasteiger partial charge is 0.250 e. The summed E-state index contributed by atoms with van der Waals surface area (Å²) >= 11 is 0. The SMILES string of the molecule is Oc1ccc(/C=N/Nc2nc(N3CCCC3)nc(N3CCCC3)n2)cc1. The summed E-state index contributed by atoms with van der Waals surface area (Å²) in [6.45, 7) is 3.94. The Balaban J connectivity index is 1.54. The summed E-state index contributed by atoms with van der Waals surface area (Å²) in [6, 6.07) is 6.83. The normalized spacial score (nSPS) is 17.4. The van der Waals surface area contributed by atoms with Crippen molar-refractivity contribution < 1.29 is 5.11 Å². The van der Waals surface area contributed by atoms with Gasteiger partial charge in [-0.15, -0.1) is 0 Å². The minimum absolute atomic E-state index is 0.234. The summed E-state index contributed by atoms with van der Waals surface area (Å²) in [5.41, 5.74) is 3.81. The second kappa shape index (κ2) is 7.55. The van der Waals surface area contributed by atoms with Crippen molar-refractivity contribution in [2.24, 2.45) is 5.10 Å². The quantitative estimate of drug-likeness (QED) is 0.629. The number of anilines is 3. The molecule has 26 heavy (non-hydrogen) atoms. The Hall–Kier alpha value is -2.90. The molecule has 0 atom stereocenters. The van der Waals surface area contributed by atoms with Gasteiger partial charge in [0.25, 0.3) is 0 Å². The van der Waals surface area contributed by atoms with Crippen LogP contribution in [-0.2, 0) is 0 Å². The minimum Gasteiger partial charge on any atom is -0.508 e. The Morgan fingerprint density at radius 1 is 0.846 bits per heavy atom. The largest absolute Gasteiger partial charge is 0.508 e. The van der Waals surface area contributed by atoms with Crippen molar-refractivity contribution in [2.75, 3.05) is 41.4 Å². The van der Waals surface area contributed by atoms with Crippen LogP contribution in [0.4, 0.5) is 17.8 Å². The van der Waals surface area contributed by atoms with Gasteiger partial charge in [0.05, 0.1) is 6.21 Å². The van der Waals surface area contributed by atoms with E-state index in [0.717, 1.165) is 43.6 Å². The Bertz CT molecular complexity index is 731. The van der Waals surface area contributed by atoms with Crippen LogP contribution < -0.4 is 15.2 Å². The molecule has 3 heterocycles. The standard InChI is InChI=1S/C18H23N7O/c26-15-7-5-14(6-8-15)13-19-23-16-20-17(24-9-1-2-10-24)22-18(21-16)25-11-3-4-12-25/h5-8,13,26H,1-4,9-12H2,(H,20,21,22,23)/b19-13+. The first-order valence-electron chi connectivity index (χ1n) is 9.12. The van der Waals surface area contributed by atoms with E-state index < -0.39 is 0 Å². The predicted molar refractivity (Wildman–Crippen MR) is 102 cm³/mol. The number of hydrazone groups is 1. The van der Waals surface area contributed by atoms with Crippen LogP contribution in [0.15, 0.2) is 29.4 Å². The number of rotatable bonds is 5. The molecule has 0 radical (unpaired) electrons. The lowest BCUT2D eigenvalue weighted by Gasteiger charge is -2.20. The van der Waals surface area contributed by atoms with Gasteiger partial charge in [-0.05, 0) is 55.5 Å². The number of hydrogen-bond acceptors (Lipinski definition) is 8. The lowest BCUT2D eigenvalue weighted by Crippen LogP contribution is -2.25. The second-order valence-corrected chi connectivity index (χ2v) is 6.61. The maximum Gasteiger partial charge on any atom is 0.250 e. The van der Waals surface area contributed by atoms with E-state index in [1.807, 2.05) is 0 Å². The molecule has 8 nitrogen and oxygen atoms in total. The van der Waals surface area contributed by atoms with Gasteiger partial charge in [0.2, 0.25) is 17.8 Å². The topological polar surface area (TPSA) is 89.8 Å². The average Bonchev–Trinajstić information content (AvgIpc) is 3.37. The van der Waals surface area contributed by atoms with Crippen molar-refractivity contribution >= 4 is 24.1 Å². The summed E-state index contributed by atoms with van der Waals surface area (Å²) in [5.74, 6) is 2.14. The molecule has 8 heteroatoms. The Labute approximate surface area is 152 Å². The van der Waals surface area contributed by atoms with Gasteiger partial charge in [-0.1, -0.05) is 0 Å². The Morgan fingerprint density at radius 3 is 1.92 bits per heavy atom. The van der Waals surface area contributed by atoms with Crippen molar-refractivity contribution in [1.82, 2.24) is 15.0 Å². The zero-order valence-corrected chi connectivity index (χ0v) is 14.7. The van der Waals surface area contributed by atoms with Gasteiger partial charge in [-0.25, -0.2) is 5.43 Å². The van der Waals surface area contributed by atoms with Gasteiger partial charge in [0, 0.05) is 26.2 Å². The van der Waals surface area contributed by atoms with Crippen molar-refractivity contribution in [1.29, 1.82) is 0 Å². The molecule has 4 rings (SSSR count). The zero-order valence-electron chi connectivity index (χ0n) is 14.7. The molecule has 0 amide bonds. The van der Waals surface area contributed by atoms with Crippen LogP contribution in [-0.4, -0.2) is 52.5 Å². The second-order valence-electron chi connectivity index (χ2n) is 6.61. The highest BCUT2D eigenvalue weighted by Crippen LogP contribution is 2.22. The van der Waals surface area contributed by atoms with Gasteiger partial charge in [0.15, 0.2) is 0 Å². The van der Waals surface area contributed by atoms with Crippen LogP contribution in [0.1, 0.15) is 31.2 Å². The average molecular weight is 353 g/mol. The first-order chi connectivity index (χ1) is 12.8. The molecule has 136 valence electrons. The fraction of sp³-hybridized carbons (Fsp3) is 0.444. The van der Waals surface area contributed by atoms with Crippen LogP contribution in [0.25, 0.3) is 0 Å². The Kier molecular flexibility index (Phi) is 4.81. The fourth-order valence-corrected chi connectivity index (χ4v) is 3.25. The monoisotopic (exact) mass is 353 g/mol. The first kappa shape index (κ1) is 16.6. The van der Waals surface area contributed by atoms with Crippen LogP contribution in [0.2, 0.25) is 0 Å². The predicted octanol–water partition coefficient (Wildman–Crippen LogP) is 2.22. The summed E-state index contributed by atoms with van der Waals surface area (Å²) in [6.07, 6.45) is 6.37. The third-order valence-corrected chi connectivity index (χ3v) is 4.66. The number of phenols is 1. The van der Waals surface area contributed by atoms with E-state index in [-0.39, 0.29) is 5.75 Å². The highest BCUT2D eigenvalue weighted by atomic mass is 16.3. The van der Waals surface area contributed by atoms with E-state index in [4.69, 9.17) is 0 Å². The van der Waals surface area contributed by atoms with E-state index >= 15 is 0 Å². The lowest BCUT2D eigenvalue weighted by molar-refractivity contribution is 0.475. The molecule has 2 aromatic rings. The third-order valence-electron chi connectivity index (χ3n) is 4.66. The van der Waals surface area contributed by atoms with Crippen molar-refractivity contribution in [3.8, 4) is 5.75 Å². The molecule has 0 unspecified atom stereocenters. The number of nitrogens with zero attached hydrogens (tertiary/aromatic N) is 6. The number of phenolic OH excluding ortho intramolecular Hbond substituents is 1. The minimum atomic E-state index is 0.234. The molecular formula is C18H23N7O. The van der Waals surface area contributed by atoms with E-state index in [2.05, 4.69) is 35.3 Å². The number of benzene rings is 1. The molecule has 1 aromatic carbocycles. The van der Waals surface area contributed by atoms with Crippen molar-refractivity contribution in [2.45, 2.75) is 25.7 Å². The molecule has 0 bridgehead atoms. The molecule has 2 aliphatic heterocycles. The molecule has 0 aliphatic carbocycles. The van der Waals surface area contributed by atoms with Crippen LogP contribution >= 0.6 is 0 Å². The van der Waals surface area contributed by atoms with Gasteiger partial charge in [0.1, 0.15) is 5.75 Å². The zero-order chi connectivity index (χ0) is 17.8. The number of hydrogen-bond donors (Lipinski definition) is 2. The molecular weight excluding hydrogens is 330 g/mol. The lowest BCUT2D eigenvalue weighted by atomic mass is 10.2. The highest BCUT2D eigenvalue weighted by molar-refractivity contribution is 5.80. The van der Waals surface area contributed by atoms with E-state index in [1.165, 1.54) is 25.7 Å². The maximum atomic E-state index is 9.33. The summed E-state index contributed by atoms with van der Waals surface area (Å²) in [5, 5.41) is 13.6. The fourth-order valence-electron chi connectivity index (χ4n) is 3.25. The molecule has 2 aliphatic rings. The van der Waals surface area contributed by atoms with Gasteiger partial charge >= 0.3 is 0 Å². The van der Waals surface area contributed by atoms with Crippen LogP contribution in [0.3, 0.4) is 0 Å². The molecule has 2 N–H and O–H groups in total. The van der Waals surface area contributed by atoms with Crippen LogP contribution in [0, 0.1) is 0 Å². The highest BCUT2D eigenvalue weighted by Gasteiger charge is 2.21. The maximum absolute atomic E-state index is 9.33. The van der Waals surface area contributed by atoms with Crippen LogP contribution in [0.5, 0.6) is 5.75 Å². The van der Waals surface area contributed by atoms with Gasteiger partial charge in [-0.3, -0.25) is 0 Å². The third kappa shape index (κ3) is 3.84. The van der Waals surface area contributed by atoms with E-state index in [0.29, 0.717) is 5.95 Å². The molecule has 0 saturated carbocycles. The molecule has 1 aromatic heterocycles. The van der Waals surface area contributed by atoms with Gasteiger partial charge in [-0.2, -0.15) is 20.1 Å². The summed E-state index contributed by atoms with van der Waals surface area (Å²) in [7, 11) is 0. The Morgan fingerprint density at radius 2 is 1.38 bits per heavy atom. The molecule has 2 saturated heterocycles. The molecule has 2 fully saturated rings. The van der Waals surface area contributed by atoms with Gasteiger partial charge < -0.3 is 14.9 Å².